The van der Waals surface area contributed by atoms with Crippen molar-refractivity contribution in [2.45, 2.75) is 6.92 Å². The van der Waals surface area contributed by atoms with Crippen LogP contribution < -0.4 is 4.72 Å². The summed E-state index contributed by atoms with van der Waals surface area (Å²) in [5, 5.41) is 0.217. The number of hydrogen-bond acceptors (Lipinski definition) is 4. The number of nitrogens with one attached hydrogen (secondary N) is 1. The molecular formula is C10H12ClNO4S. The van der Waals surface area contributed by atoms with Crippen LogP contribution in [0.4, 0.5) is 5.69 Å². The van der Waals surface area contributed by atoms with Crippen molar-refractivity contribution in [3.05, 3.63) is 28.8 Å². The van der Waals surface area contributed by atoms with Crippen LogP contribution in [0.5, 0.6) is 0 Å². The van der Waals surface area contributed by atoms with Gasteiger partial charge in [0.25, 0.3) is 0 Å². The Bertz CT molecular complexity index is 527. The van der Waals surface area contributed by atoms with Gasteiger partial charge in [-0.05, 0) is 25.1 Å². The Morgan fingerprint density at radius 3 is 2.65 bits per heavy atom. The molecule has 1 aromatic carbocycles. The summed E-state index contributed by atoms with van der Waals surface area (Å²) in [6.45, 7) is 1.50. The largest absolute Gasteiger partial charge is 0.465 e. The number of carbonyl (C=O) groups excluding carboxylic acids is 1. The third kappa shape index (κ3) is 3.61. The van der Waals surface area contributed by atoms with Crippen molar-refractivity contribution < 1.29 is 17.9 Å². The summed E-state index contributed by atoms with van der Waals surface area (Å²) < 4.78 is 29.6. The SMILES string of the molecule is CCS(=O)(=O)Nc1cc(C(=O)OC)ccc1Cl. The summed E-state index contributed by atoms with van der Waals surface area (Å²) in [6.07, 6.45) is 0. The van der Waals surface area contributed by atoms with E-state index in [1.54, 1.807) is 0 Å². The lowest BCUT2D eigenvalue weighted by Crippen LogP contribution is -2.15. The number of sulfonamides is 1. The zero-order chi connectivity index (χ0) is 13.1. The lowest BCUT2D eigenvalue weighted by atomic mass is 10.2. The first-order chi connectivity index (χ1) is 7.89. The molecule has 0 amide bonds. The minimum atomic E-state index is -3.43. The van der Waals surface area contributed by atoms with Crippen LogP contribution >= 0.6 is 11.6 Å². The van der Waals surface area contributed by atoms with Crippen molar-refractivity contribution in [3.8, 4) is 0 Å². The highest BCUT2D eigenvalue weighted by Crippen LogP contribution is 2.24. The van der Waals surface area contributed by atoms with Crippen molar-refractivity contribution in [2.24, 2.45) is 0 Å². The smallest absolute Gasteiger partial charge is 0.337 e. The number of esters is 1. The van der Waals surface area contributed by atoms with E-state index in [4.69, 9.17) is 11.6 Å². The van der Waals surface area contributed by atoms with Gasteiger partial charge in [-0.1, -0.05) is 11.6 Å². The quantitative estimate of drug-likeness (QED) is 0.853. The summed E-state index contributed by atoms with van der Waals surface area (Å²) in [5.74, 6) is -0.634. The van der Waals surface area contributed by atoms with Crippen LogP contribution in [0.25, 0.3) is 0 Å². The topological polar surface area (TPSA) is 72.5 Å². The molecule has 0 aromatic heterocycles. The van der Waals surface area contributed by atoms with E-state index >= 15 is 0 Å². The van der Waals surface area contributed by atoms with Gasteiger partial charge in [-0.3, -0.25) is 4.72 Å². The third-order valence-corrected chi connectivity index (χ3v) is 3.65. The maximum atomic E-state index is 11.4. The van der Waals surface area contributed by atoms with Gasteiger partial charge >= 0.3 is 5.97 Å². The van der Waals surface area contributed by atoms with Gasteiger partial charge in [0.1, 0.15) is 0 Å². The van der Waals surface area contributed by atoms with E-state index in [2.05, 4.69) is 9.46 Å². The van der Waals surface area contributed by atoms with Crippen molar-refractivity contribution in [3.63, 3.8) is 0 Å². The molecule has 0 saturated carbocycles. The Morgan fingerprint density at radius 1 is 1.47 bits per heavy atom. The summed E-state index contributed by atoms with van der Waals surface area (Å²) >= 11 is 5.83. The first-order valence-corrected chi connectivity index (χ1v) is 6.81. The summed E-state index contributed by atoms with van der Waals surface area (Å²) in [7, 11) is -2.19. The third-order valence-electron chi connectivity index (χ3n) is 2.03. The fourth-order valence-corrected chi connectivity index (χ4v) is 1.96. The van der Waals surface area contributed by atoms with Crippen molar-refractivity contribution >= 4 is 33.3 Å². The number of carbonyl (C=O) groups is 1. The highest BCUT2D eigenvalue weighted by molar-refractivity contribution is 7.92. The highest BCUT2D eigenvalue weighted by Gasteiger charge is 2.13. The van der Waals surface area contributed by atoms with Crippen molar-refractivity contribution in [2.75, 3.05) is 17.6 Å². The predicted molar refractivity (Wildman–Crippen MR) is 65.9 cm³/mol. The number of hydrogen-bond donors (Lipinski definition) is 1. The lowest BCUT2D eigenvalue weighted by Gasteiger charge is -2.09. The van der Waals surface area contributed by atoms with Gasteiger partial charge < -0.3 is 4.74 Å². The highest BCUT2D eigenvalue weighted by atomic mass is 35.5. The Kier molecular flexibility index (Phi) is 4.36. The lowest BCUT2D eigenvalue weighted by molar-refractivity contribution is 0.0601. The van der Waals surface area contributed by atoms with Crippen LogP contribution in [0.3, 0.4) is 0 Å². The summed E-state index contributed by atoms with van der Waals surface area (Å²) in [5.41, 5.74) is 0.391. The molecule has 0 spiro atoms. The van der Waals surface area contributed by atoms with Crippen LogP contribution in [0.15, 0.2) is 18.2 Å². The molecule has 94 valence electrons. The molecule has 1 aromatic rings. The van der Waals surface area contributed by atoms with Gasteiger partial charge in [-0.2, -0.15) is 0 Å². The second kappa shape index (κ2) is 5.37. The van der Waals surface area contributed by atoms with Crippen LogP contribution in [0, 0.1) is 0 Å². The number of anilines is 1. The van der Waals surface area contributed by atoms with Gasteiger partial charge in [0.2, 0.25) is 10.0 Å². The molecule has 0 unspecified atom stereocenters. The molecule has 17 heavy (non-hydrogen) atoms. The first kappa shape index (κ1) is 13.8. The number of halogens is 1. The number of benzene rings is 1. The molecule has 1 rings (SSSR count). The molecule has 0 aliphatic carbocycles. The van der Waals surface area contributed by atoms with Crippen LogP contribution in [0.2, 0.25) is 5.02 Å². The summed E-state index contributed by atoms with van der Waals surface area (Å²) in [4.78, 5) is 11.3. The van der Waals surface area contributed by atoms with Crippen molar-refractivity contribution in [1.82, 2.24) is 0 Å². The molecule has 5 nitrogen and oxygen atoms in total. The monoisotopic (exact) mass is 277 g/mol. The normalized spacial score (nSPS) is 11.0. The minimum absolute atomic E-state index is 0.0776. The van der Waals surface area contributed by atoms with Crippen LogP contribution in [0.1, 0.15) is 17.3 Å². The molecule has 0 atom stereocenters. The minimum Gasteiger partial charge on any atom is -0.465 e. The Hall–Kier alpha value is -1.27. The number of rotatable bonds is 4. The standard InChI is InChI=1S/C10H12ClNO4S/c1-3-17(14,15)12-9-6-7(10(13)16-2)4-5-8(9)11/h4-6,12H,3H2,1-2H3. The maximum Gasteiger partial charge on any atom is 0.337 e. The van der Waals surface area contributed by atoms with Crippen LogP contribution in [-0.2, 0) is 14.8 Å². The number of methoxy groups -OCH3 is 1. The average Bonchev–Trinajstić information content (AvgIpc) is 2.30. The second-order valence-corrected chi connectivity index (χ2v) is 5.61. The Labute approximate surface area is 105 Å². The molecule has 0 aliphatic rings. The average molecular weight is 278 g/mol. The maximum absolute atomic E-state index is 11.4. The second-order valence-electron chi connectivity index (χ2n) is 3.19. The molecule has 0 fully saturated rings. The fourth-order valence-electron chi connectivity index (χ4n) is 1.09. The molecule has 0 bridgehead atoms. The molecule has 0 saturated heterocycles. The molecule has 0 heterocycles. The van der Waals surface area contributed by atoms with Gasteiger partial charge in [0, 0.05) is 0 Å². The molecule has 1 N–H and O–H groups in total. The van der Waals surface area contributed by atoms with E-state index in [1.807, 2.05) is 0 Å². The van der Waals surface area contributed by atoms with Gasteiger partial charge in [0.05, 0.1) is 29.1 Å². The van der Waals surface area contributed by atoms with E-state index in [0.29, 0.717) is 0 Å². The number of ether oxygens (including phenoxy) is 1. The molecule has 0 aliphatic heterocycles. The van der Waals surface area contributed by atoms with Gasteiger partial charge in [0.15, 0.2) is 0 Å². The molecule has 7 heteroatoms. The van der Waals surface area contributed by atoms with Gasteiger partial charge in [-0.15, -0.1) is 0 Å². The van der Waals surface area contributed by atoms with E-state index in [1.165, 1.54) is 32.2 Å². The zero-order valence-corrected chi connectivity index (χ0v) is 10.9. The molecular weight excluding hydrogens is 266 g/mol. The Morgan fingerprint density at radius 2 is 2.12 bits per heavy atom. The van der Waals surface area contributed by atoms with Crippen molar-refractivity contribution in [1.29, 1.82) is 0 Å². The van der Waals surface area contributed by atoms with Gasteiger partial charge in [-0.25, -0.2) is 13.2 Å². The zero-order valence-electron chi connectivity index (χ0n) is 9.36. The van der Waals surface area contributed by atoms with E-state index in [9.17, 15) is 13.2 Å². The first-order valence-electron chi connectivity index (χ1n) is 4.78. The van der Waals surface area contributed by atoms with E-state index in [-0.39, 0.29) is 22.0 Å². The predicted octanol–water partition coefficient (Wildman–Crippen LogP) is 1.89. The van der Waals surface area contributed by atoms with Crippen LogP contribution in [-0.4, -0.2) is 27.2 Å². The van der Waals surface area contributed by atoms with E-state index in [0.717, 1.165) is 0 Å². The summed E-state index contributed by atoms with van der Waals surface area (Å²) in [6, 6.07) is 4.22. The van der Waals surface area contributed by atoms with E-state index < -0.39 is 16.0 Å². The Balaban J connectivity index is 3.11. The fraction of sp³-hybridized carbons (Fsp3) is 0.300. The molecule has 0 radical (unpaired) electrons.